The van der Waals surface area contributed by atoms with Crippen molar-refractivity contribution in [3.8, 4) is 16.9 Å². The molecule has 202 valence electrons. The van der Waals surface area contributed by atoms with Gasteiger partial charge in [-0.2, -0.15) is 26.3 Å². The van der Waals surface area contributed by atoms with Crippen LogP contribution in [0.4, 0.5) is 30.7 Å². The molecule has 3 aromatic rings. The lowest BCUT2D eigenvalue weighted by molar-refractivity contribution is -0.376. The SMILES string of the molecule is OC(c1ccc(-c2ccc(CN3CCC4(CC3)Cc3ccncc3O4)nc2)c(F)c1)(C(F)(F)F)C(F)(F)F. The average Bonchev–Trinajstić information content (AvgIpc) is 3.22. The first-order valence-electron chi connectivity index (χ1n) is 11.8. The number of aromatic nitrogens is 2. The molecule has 5 rings (SSSR count). The molecule has 12 heteroatoms. The molecule has 1 saturated heterocycles. The van der Waals surface area contributed by atoms with Gasteiger partial charge in [-0.05, 0) is 18.2 Å². The minimum Gasteiger partial charge on any atom is -0.485 e. The third-order valence-electron chi connectivity index (χ3n) is 7.21. The molecule has 0 bridgehead atoms. The first kappa shape index (κ1) is 26.4. The van der Waals surface area contributed by atoms with Gasteiger partial charge in [0.15, 0.2) is 0 Å². The number of piperidine rings is 1. The highest BCUT2D eigenvalue weighted by molar-refractivity contribution is 5.64. The number of pyridine rings is 2. The summed E-state index contributed by atoms with van der Waals surface area (Å²) in [5, 5.41) is 9.50. The van der Waals surface area contributed by atoms with Crippen LogP contribution in [0.3, 0.4) is 0 Å². The van der Waals surface area contributed by atoms with Crippen molar-refractivity contribution in [3.05, 3.63) is 77.6 Å². The minimum atomic E-state index is -6.10. The summed E-state index contributed by atoms with van der Waals surface area (Å²) >= 11 is 0. The Kier molecular flexibility index (Phi) is 6.38. The van der Waals surface area contributed by atoms with Crippen molar-refractivity contribution in [1.29, 1.82) is 0 Å². The predicted molar refractivity (Wildman–Crippen MR) is 121 cm³/mol. The number of nitrogens with zero attached hydrogens (tertiary/aromatic N) is 3. The second kappa shape index (κ2) is 9.19. The van der Waals surface area contributed by atoms with E-state index in [0.717, 1.165) is 49.7 Å². The Bertz CT molecular complexity index is 1280. The molecule has 1 N–H and O–H groups in total. The predicted octanol–water partition coefficient (Wildman–Crippen LogP) is 5.56. The summed E-state index contributed by atoms with van der Waals surface area (Å²) in [5.74, 6) is -0.530. The molecule has 0 unspecified atom stereocenters. The van der Waals surface area contributed by atoms with Gasteiger partial charge in [-0.25, -0.2) is 4.39 Å². The van der Waals surface area contributed by atoms with Crippen LogP contribution in [0.15, 0.2) is 55.0 Å². The van der Waals surface area contributed by atoms with E-state index in [9.17, 15) is 35.8 Å². The van der Waals surface area contributed by atoms with Crippen LogP contribution in [-0.4, -0.2) is 51.0 Å². The fourth-order valence-electron chi connectivity index (χ4n) is 5.03. The molecular formula is C26H22F7N3O2. The minimum absolute atomic E-state index is 0.0488. The van der Waals surface area contributed by atoms with Crippen LogP contribution >= 0.6 is 0 Å². The van der Waals surface area contributed by atoms with Crippen molar-refractivity contribution in [2.24, 2.45) is 0 Å². The Labute approximate surface area is 212 Å². The van der Waals surface area contributed by atoms with Crippen molar-refractivity contribution in [2.75, 3.05) is 13.1 Å². The first-order chi connectivity index (χ1) is 17.8. The zero-order valence-electron chi connectivity index (χ0n) is 19.8. The molecule has 0 aliphatic carbocycles. The van der Waals surface area contributed by atoms with Crippen molar-refractivity contribution in [2.45, 2.75) is 49.4 Å². The third-order valence-corrected chi connectivity index (χ3v) is 7.21. The van der Waals surface area contributed by atoms with E-state index < -0.39 is 29.3 Å². The lowest BCUT2D eigenvalue weighted by Gasteiger charge is -2.38. The lowest BCUT2D eigenvalue weighted by Crippen LogP contribution is -2.53. The normalized spacial score (nSPS) is 17.9. The maximum Gasteiger partial charge on any atom is 0.430 e. The quantitative estimate of drug-likeness (QED) is 0.438. The van der Waals surface area contributed by atoms with Gasteiger partial charge in [-0.3, -0.25) is 14.9 Å². The molecule has 2 aromatic heterocycles. The standard InChI is InChI=1S/C26H22F7N3O2/c27-21-11-18(24(37,25(28,29)30)26(31,32)33)2-4-20(21)17-1-3-19(35-13-17)15-36-9-6-23(7-10-36)12-16-5-8-34-14-22(16)38-23/h1-5,8,11,13-14,37H,6-7,9-10,12,15H2. The molecule has 4 heterocycles. The molecule has 0 radical (unpaired) electrons. The van der Waals surface area contributed by atoms with Gasteiger partial charge in [-0.1, -0.05) is 18.2 Å². The van der Waals surface area contributed by atoms with Crippen molar-refractivity contribution in [3.63, 3.8) is 0 Å². The van der Waals surface area contributed by atoms with Crippen LogP contribution in [-0.2, 0) is 18.6 Å². The number of likely N-dealkylation sites (tertiary alicyclic amines) is 1. The van der Waals surface area contributed by atoms with E-state index in [1.54, 1.807) is 18.5 Å². The number of hydrogen-bond acceptors (Lipinski definition) is 5. The van der Waals surface area contributed by atoms with E-state index >= 15 is 0 Å². The van der Waals surface area contributed by atoms with Crippen LogP contribution < -0.4 is 4.74 Å². The Morgan fingerprint density at radius 2 is 1.66 bits per heavy atom. The van der Waals surface area contributed by atoms with E-state index in [1.165, 1.54) is 12.3 Å². The molecule has 2 aliphatic rings. The molecular weight excluding hydrogens is 519 g/mol. The smallest absolute Gasteiger partial charge is 0.430 e. The highest BCUT2D eigenvalue weighted by atomic mass is 19.4. The Morgan fingerprint density at radius 1 is 0.947 bits per heavy atom. The number of alkyl halides is 6. The Hall–Kier alpha value is -3.25. The topological polar surface area (TPSA) is 58.5 Å². The summed E-state index contributed by atoms with van der Waals surface area (Å²) in [4.78, 5) is 10.6. The number of ether oxygens (including phenoxy) is 1. The molecule has 0 amide bonds. The summed E-state index contributed by atoms with van der Waals surface area (Å²) < 4.78 is 99.5. The van der Waals surface area contributed by atoms with Gasteiger partial charge in [0.2, 0.25) is 0 Å². The van der Waals surface area contributed by atoms with E-state index in [2.05, 4.69) is 14.9 Å². The van der Waals surface area contributed by atoms with Crippen LogP contribution in [0.1, 0.15) is 29.7 Å². The highest BCUT2D eigenvalue weighted by Crippen LogP contribution is 2.50. The molecule has 2 aliphatic heterocycles. The van der Waals surface area contributed by atoms with Crippen molar-refractivity contribution in [1.82, 2.24) is 14.9 Å². The van der Waals surface area contributed by atoms with Gasteiger partial charge < -0.3 is 9.84 Å². The fourth-order valence-corrected chi connectivity index (χ4v) is 5.03. The second-order valence-corrected chi connectivity index (χ2v) is 9.66. The third kappa shape index (κ3) is 4.60. The average molecular weight is 541 g/mol. The number of rotatable bonds is 4. The molecule has 1 aromatic carbocycles. The Morgan fingerprint density at radius 3 is 2.24 bits per heavy atom. The van der Waals surface area contributed by atoms with Crippen molar-refractivity contribution >= 4 is 0 Å². The van der Waals surface area contributed by atoms with E-state index in [4.69, 9.17) is 4.74 Å². The largest absolute Gasteiger partial charge is 0.485 e. The number of benzene rings is 1. The highest BCUT2D eigenvalue weighted by Gasteiger charge is 2.71. The zero-order valence-corrected chi connectivity index (χ0v) is 19.8. The van der Waals surface area contributed by atoms with Crippen LogP contribution in [0.5, 0.6) is 5.75 Å². The van der Waals surface area contributed by atoms with E-state index in [-0.39, 0.29) is 22.8 Å². The lowest BCUT2D eigenvalue weighted by atomic mass is 9.87. The summed E-state index contributed by atoms with van der Waals surface area (Å²) in [6.45, 7) is 2.04. The van der Waals surface area contributed by atoms with Crippen LogP contribution in [0.25, 0.3) is 11.1 Å². The maximum atomic E-state index is 14.7. The maximum absolute atomic E-state index is 14.7. The number of hydrogen-bond donors (Lipinski definition) is 1. The number of halogens is 7. The first-order valence-corrected chi connectivity index (χ1v) is 11.8. The van der Waals surface area contributed by atoms with E-state index in [1.807, 2.05) is 6.07 Å². The van der Waals surface area contributed by atoms with Gasteiger partial charge in [0.25, 0.3) is 5.60 Å². The summed E-state index contributed by atoms with van der Waals surface area (Å²) in [6.07, 6.45) is -4.94. The van der Waals surface area contributed by atoms with Gasteiger partial charge in [-0.15, -0.1) is 0 Å². The number of aliphatic hydroxyl groups is 1. The molecule has 1 fully saturated rings. The van der Waals surface area contributed by atoms with Crippen LogP contribution in [0, 0.1) is 5.82 Å². The summed E-state index contributed by atoms with van der Waals surface area (Å²) in [5.41, 5.74) is -5.35. The molecule has 38 heavy (non-hydrogen) atoms. The summed E-state index contributed by atoms with van der Waals surface area (Å²) in [7, 11) is 0. The molecule has 0 atom stereocenters. The fraction of sp³-hybridized carbons (Fsp3) is 0.385. The second-order valence-electron chi connectivity index (χ2n) is 9.66. The molecule has 5 nitrogen and oxygen atoms in total. The van der Waals surface area contributed by atoms with Gasteiger partial charge in [0.05, 0.1) is 11.9 Å². The zero-order chi connectivity index (χ0) is 27.3. The van der Waals surface area contributed by atoms with Gasteiger partial charge in [0, 0.05) is 73.5 Å². The van der Waals surface area contributed by atoms with Crippen molar-refractivity contribution < 1.29 is 40.6 Å². The van der Waals surface area contributed by atoms with Gasteiger partial charge >= 0.3 is 12.4 Å². The Balaban J connectivity index is 1.25. The van der Waals surface area contributed by atoms with Crippen LogP contribution in [0.2, 0.25) is 0 Å². The van der Waals surface area contributed by atoms with E-state index in [0.29, 0.717) is 18.3 Å². The molecule has 0 saturated carbocycles. The molecule has 1 spiro atoms. The summed E-state index contributed by atoms with van der Waals surface area (Å²) in [6, 6.07) is 6.31. The monoisotopic (exact) mass is 541 g/mol. The van der Waals surface area contributed by atoms with Gasteiger partial charge in [0.1, 0.15) is 17.2 Å². The number of fused-ring (bicyclic) bond motifs is 1.